The molecule has 0 aromatic carbocycles. The van der Waals surface area contributed by atoms with Crippen molar-refractivity contribution < 1.29 is 4.79 Å². The van der Waals surface area contributed by atoms with Crippen LogP contribution in [0.1, 0.15) is 18.2 Å². The number of pyridine rings is 1. The number of allylic oxidation sites excluding steroid dienone is 1. The second kappa shape index (κ2) is 3.81. The van der Waals surface area contributed by atoms with Crippen molar-refractivity contribution in [3.05, 3.63) is 35.7 Å². The van der Waals surface area contributed by atoms with E-state index in [1.54, 1.807) is 18.3 Å². The van der Waals surface area contributed by atoms with E-state index in [0.717, 1.165) is 11.3 Å². The van der Waals surface area contributed by atoms with Crippen molar-refractivity contribution in [1.29, 1.82) is 0 Å². The van der Waals surface area contributed by atoms with Crippen LogP contribution in [-0.2, 0) is 4.79 Å². The van der Waals surface area contributed by atoms with E-state index in [4.69, 9.17) is 0 Å². The lowest BCUT2D eigenvalue weighted by molar-refractivity contribution is -0.112. The zero-order valence-electron chi connectivity index (χ0n) is 7.24. The maximum Gasteiger partial charge on any atom is 0.152 e. The Morgan fingerprint density at radius 2 is 2.33 bits per heavy atom. The van der Waals surface area contributed by atoms with Gasteiger partial charge in [-0.1, -0.05) is 6.08 Å². The van der Waals surface area contributed by atoms with Gasteiger partial charge in [-0.25, -0.2) is 0 Å². The smallest absolute Gasteiger partial charge is 0.152 e. The zero-order chi connectivity index (χ0) is 8.97. The molecule has 0 fully saturated rings. The van der Waals surface area contributed by atoms with Gasteiger partial charge in [0.05, 0.1) is 0 Å². The van der Waals surface area contributed by atoms with Crippen LogP contribution in [0.5, 0.6) is 0 Å². The van der Waals surface area contributed by atoms with Gasteiger partial charge in [-0.15, -0.1) is 0 Å². The fourth-order valence-corrected chi connectivity index (χ4v) is 0.885. The quantitative estimate of drug-likeness (QED) is 0.621. The summed E-state index contributed by atoms with van der Waals surface area (Å²) in [6, 6.07) is 3.80. The topological polar surface area (TPSA) is 30.0 Å². The fraction of sp³-hybridized carbons (Fsp3) is 0.200. The monoisotopic (exact) mass is 161 g/mol. The Bertz CT molecular complexity index is 315. The lowest BCUT2D eigenvalue weighted by Crippen LogP contribution is -1.82. The highest BCUT2D eigenvalue weighted by Crippen LogP contribution is 2.02. The predicted octanol–water partition coefficient (Wildman–Crippen LogP) is 1.99. The molecule has 0 saturated heterocycles. The number of carbonyl (C=O) groups excluding carboxylic acids is 1. The van der Waals surface area contributed by atoms with Gasteiger partial charge in [0.1, 0.15) is 0 Å². The summed E-state index contributed by atoms with van der Waals surface area (Å²) in [5.41, 5.74) is 1.97. The number of ketones is 1. The Balaban J connectivity index is 2.83. The Labute approximate surface area is 71.9 Å². The van der Waals surface area contributed by atoms with Gasteiger partial charge in [0, 0.05) is 11.9 Å². The van der Waals surface area contributed by atoms with Crippen molar-refractivity contribution in [2.75, 3.05) is 0 Å². The van der Waals surface area contributed by atoms with Gasteiger partial charge in [-0.3, -0.25) is 9.78 Å². The van der Waals surface area contributed by atoms with Gasteiger partial charge >= 0.3 is 0 Å². The first kappa shape index (κ1) is 8.65. The molecule has 2 nitrogen and oxygen atoms in total. The number of hydrogen-bond acceptors (Lipinski definition) is 2. The van der Waals surface area contributed by atoms with Crippen LogP contribution >= 0.6 is 0 Å². The van der Waals surface area contributed by atoms with Gasteiger partial charge in [0.25, 0.3) is 0 Å². The van der Waals surface area contributed by atoms with E-state index in [0.29, 0.717) is 0 Å². The predicted molar refractivity (Wildman–Crippen MR) is 48.7 cm³/mol. The van der Waals surface area contributed by atoms with E-state index >= 15 is 0 Å². The first-order valence-corrected chi connectivity index (χ1v) is 3.80. The highest BCUT2D eigenvalue weighted by atomic mass is 16.1. The summed E-state index contributed by atoms with van der Waals surface area (Å²) >= 11 is 0. The largest absolute Gasteiger partial charge is 0.295 e. The van der Waals surface area contributed by atoms with Gasteiger partial charge in [-0.05, 0) is 37.6 Å². The maximum absolute atomic E-state index is 10.6. The van der Waals surface area contributed by atoms with Crippen LogP contribution in [0.15, 0.2) is 24.4 Å². The second-order valence-corrected chi connectivity index (χ2v) is 2.67. The average Bonchev–Trinajstić information content (AvgIpc) is 2.01. The molecule has 0 atom stereocenters. The molecule has 0 saturated carbocycles. The number of aryl methyl sites for hydroxylation is 1. The Morgan fingerprint density at radius 3 is 2.92 bits per heavy atom. The molecular formula is C10H11NO. The molecule has 0 aliphatic carbocycles. The normalized spacial score (nSPS) is 10.5. The summed E-state index contributed by atoms with van der Waals surface area (Å²) in [5.74, 6) is 0.0597. The van der Waals surface area contributed by atoms with Gasteiger partial charge in [0.15, 0.2) is 5.78 Å². The lowest BCUT2D eigenvalue weighted by atomic mass is 10.2. The zero-order valence-corrected chi connectivity index (χ0v) is 7.24. The molecule has 1 aromatic rings. The highest BCUT2D eigenvalue weighted by Gasteiger charge is 1.88. The number of nitrogens with zero attached hydrogens (tertiary/aromatic N) is 1. The minimum Gasteiger partial charge on any atom is -0.295 e. The molecular weight excluding hydrogens is 150 g/mol. The van der Waals surface area contributed by atoms with Crippen molar-refractivity contribution in [1.82, 2.24) is 4.98 Å². The van der Waals surface area contributed by atoms with Crippen LogP contribution in [0.2, 0.25) is 0 Å². The van der Waals surface area contributed by atoms with E-state index in [-0.39, 0.29) is 5.78 Å². The Kier molecular flexibility index (Phi) is 2.75. The van der Waals surface area contributed by atoms with Crippen molar-refractivity contribution >= 4 is 11.9 Å². The molecule has 0 spiro atoms. The maximum atomic E-state index is 10.6. The molecule has 0 bridgehead atoms. The third-order valence-electron chi connectivity index (χ3n) is 1.43. The Hall–Kier alpha value is -1.44. The van der Waals surface area contributed by atoms with Crippen LogP contribution in [-0.4, -0.2) is 10.8 Å². The van der Waals surface area contributed by atoms with E-state index in [2.05, 4.69) is 4.98 Å². The van der Waals surface area contributed by atoms with Crippen molar-refractivity contribution in [2.45, 2.75) is 13.8 Å². The Morgan fingerprint density at radius 1 is 1.58 bits per heavy atom. The van der Waals surface area contributed by atoms with Crippen LogP contribution in [0.25, 0.3) is 6.08 Å². The van der Waals surface area contributed by atoms with Gasteiger partial charge < -0.3 is 0 Å². The summed E-state index contributed by atoms with van der Waals surface area (Å²) in [5, 5.41) is 0. The molecule has 0 N–H and O–H groups in total. The molecule has 2 heteroatoms. The summed E-state index contributed by atoms with van der Waals surface area (Å²) in [7, 11) is 0. The van der Waals surface area contributed by atoms with E-state index < -0.39 is 0 Å². The van der Waals surface area contributed by atoms with Crippen molar-refractivity contribution in [3.63, 3.8) is 0 Å². The van der Waals surface area contributed by atoms with Crippen molar-refractivity contribution in [3.8, 4) is 0 Å². The third-order valence-corrected chi connectivity index (χ3v) is 1.43. The molecule has 0 aliphatic rings. The van der Waals surface area contributed by atoms with Crippen molar-refractivity contribution in [2.24, 2.45) is 0 Å². The fourth-order valence-electron chi connectivity index (χ4n) is 0.885. The van der Waals surface area contributed by atoms with Crippen LogP contribution < -0.4 is 0 Å². The molecule has 62 valence electrons. The molecule has 12 heavy (non-hydrogen) atoms. The molecule has 0 amide bonds. The first-order chi connectivity index (χ1) is 5.68. The molecule has 0 aliphatic heterocycles. The molecule has 0 unspecified atom stereocenters. The van der Waals surface area contributed by atoms with Gasteiger partial charge in [0.2, 0.25) is 0 Å². The SMILES string of the molecule is CC(=O)/C=C/c1ccnc(C)c1. The van der Waals surface area contributed by atoms with E-state index in [1.165, 1.54) is 6.92 Å². The number of aromatic nitrogens is 1. The average molecular weight is 161 g/mol. The minimum atomic E-state index is 0.0597. The molecule has 0 radical (unpaired) electrons. The summed E-state index contributed by atoms with van der Waals surface area (Å²) in [4.78, 5) is 14.6. The standard InChI is InChI=1S/C10H11NO/c1-8-7-10(5-6-11-8)4-3-9(2)12/h3-7H,1-2H3/b4-3+. The number of carbonyl (C=O) groups is 1. The van der Waals surface area contributed by atoms with E-state index in [9.17, 15) is 4.79 Å². The minimum absolute atomic E-state index is 0.0597. The summed E-state index contributed by atoms with van der Waals surface area (Å²) < 4.78 is 0. The van der Waals surface area contributed by atoms with Crippen LogP contribution in [0.3, 0.4) is 0 Å². The van der Waals surface area contributed by atoms with Crippen LogP contribution in [0, 0.1) is 6.92 Å². The third kappa shape index (κ3) is 2.66. The summed E-state index contributed by atoms with van der Waals surface area (Å²) in [6.45, 7) is 3.45. The molecule has 1 aromatic heterocycles. The van der Waals surface area contributed by atoms with Crippen LogP contribution in [0.4, 0.5) is 0 Å². The number of rotatable bonds is 2. The summed E-state index contributed by atoms with van der Waals surface area (Å²) in [6.07, 6.45) is 5.07. The first-order valence-electron chi connectivity index (χ1n) is 3.80. The molecule has 1 heterocycles. The van der Waals surface area contributed by atoms with E-state index in [1.807, 2.05) is 19.1 Å². The number of hydrogen-bond donors (Lipinski definition) is 0. The second-order valence-electron chi connectivity index (χ2n) is 2.67. The highest BCUT2D eigenvalue weighted by molar-refractivity contribution is 5.91. The van der Waals surface area contributed by atoms with Gasteiger partial charge in [-0.2, -0.15) is 0 Å². The lowest BCUT2D eigenvalue weighted by Gasteiger charge is -1.93. The molecule has 1 rings (SSSR count).